The molecule has 0 aromatic carbocycles. The number of carbonyl (C=O) groups excluding carboxylic acids is 1. The van der Waals surface area contributed by atoms with Gasteiger partial charge in [0.25, 0.3) is 0 Å². The van der Waals surface area contributed by atoms with E-state index in [2.05, 4.69) is 24.3 Å². The average Bonchev–Trinajstić information content (AvgIpc) is 2.43. The van der Waals surface area contributed by atoms with Gasteiger partial charge in [0.1, 0.15) is 5.78 Å². The van der Waals surface area contributed by atoms with Crippen molar-refractivity contribution in [1.82, 2.24) is 0 Å². The van der Waals surface area contributed by atoms with Crippen LogP contribution in [0.25, 0.3) is 0 Å². The molecule has 0 bridgehead atoms. The summed E-state index contributed by atoms with van der Waals surface area (Å²) in [6.07, 6.45) is 14.1. The summed E-state index contributed by atoms with van der Waals surface area (Å²) in [4.78, 5) is 11.5. The Bertz CT molecular complexity index is 236. The zero-order chi connectivity index (χ0) is 9.10. The topological polar surface area (TPSA) is 17.1 Å². The summed E-state index contributed by atoms with van der Waals surface area (Å²) in [5, 5.41) is 0. The first kappa shape index (κ1) is 8.74. The van der Waals surface area contributed by atoms with Crippen LogP contribution in [0.2, 0.25) is 0 Å². The lowest BCUT2D eigenvalue weighted by atomic mass is 9.90. The van der Waals surface area contributed by atoms with Gasteiger partial charge in [0.15, 0.2) is 0 Å². The van der Waals surface area contributed by atoms with Gasteiger partial charge in [-0.05, 0) is 25.7 Å². The summed E-state index contributed by atoms with van der Waals surface area (Å²) < 4.78 is 0. The Labute approximate surface area is 79.5 Å². The fourth-order valence-corrected chi connectivity index (χ4v) is 2.28. The van der Waals surface area contributed by atoms with Gasteiger partial charge < -0.3 is 0 Å². The number of rotatable bonds is 1. The second-order valence-electron chi connectivity index (χ2n) is 3.98. The molecule has 0 N–H and O–H groups in total. The maximum absolute atomic E-state index is 11.5. The van der Waals surface area contributed by atoms with E-state index in [1.54, 1.807) is 0 Å². The number of hydrogen-bond donors (Lipinski definition) is 0. The first-order valence-corrected chi connectivity index (χ1v) is 5.24. The van der Waals surface area contributed by atoms with Gasteiger partial charge in [-0.3, -0.25) is 4.79 Å². The summed E-state index contributed by atoms with van der Waals surface area (Å²) in [5.41, 5.74) is 0. The third-order valence-electron chi connectivity index (χ3n) is 3.03. The Morgan fingerprint density at radius 1 is 1.15 bits per heavy atom. The molecule has 0 radical (unpaired) electrons. The lowest BCUT2D eigenvalue weighted by molar-refractivity contribution is -0.121. The molecule has 0 aromatic rings. The molecular weight excluding hydrogens is 160 g/mol. The second-order valence-corrected chi connectivity index (χ2v) is 3.98. The summed E-state index contributed by atoms with van der Waals surface area (Å²) in [5.74, 6) is 1.17. The third-order valence-corrected chi connectivity index (χ3v) is 3.03. The van der Waals surface area contributed by atoms with Gasteiger partial charge in [0.2, 0.25) is 0 Å². The number of ketones is 1. The van der Waals surface area contributed by atoms with Crippen molar-refractivity contribution in [1.29, 1.82) is 0 Å². The van der Waals surface area contributed by atoms with Crippen LogP contribution in [0.3, 0.4) is 0 Å². The minimum atomic E-state index is 0.297. The van der Waals surface area contributed by atoms with Gasteiger partial charge in [0.05, 0.1) is 0 Å². The van der Waals surface area contributed by atoms with Gasteiger partial charge in [-0.1, -0.05) is 24.3 Å². The van der Waals surface area contributed by atoms with Gasteiger partial charge >= 0.3 is 0 Å². The fourth-order valence-electron chi connectivity index (χ4n) is 2.28. The average molecular weight is 176 g/mol. The van der Waals surface area contributed by atoms with E-state index in [0.717, 1.165) is 32.1 Å². The molecule has 0 aromatic heterocycles. The number of Topliss-reactive ketones (excluding diaryl/α,β-unsaturated/α-hetero) is 1. The second kappa shape index (κ2) is 3.91. The maximum atomic E-state index is 11.5. The molecular formula is C12H16O. The van der Waals surface area contributed by atoms with Gasteiger partial charge in [-0.25, -0.2) is 0 Å². The Morgan fingerprint density at radius 2 is 1.85 bits per heavy atom. The molecule has 0 aliphatic heterocycles. The maximum Gasteiger partial charge on any atom is 0.136 e. The standard InChI is InChI=1S/C12H16O/c13-12-9-5-8-11(12)10-6-3-1-2-4-7-10/h3-4,6-7,10-11H,1-2,5,8-9H2. The van der Waals surface area contributed by atoms with Crippen LogP contribution in [-0.2, 0) is 4.79 Å². The Kier molecular flexibility index (Phi) is 2.62. The van der Waals surface area contributed by atoms with E-state index in [1.807, 2.05) is 0 Å². The molecule has 2 aliphatic rings. The highest BCUT2D eigenvalue weighted by Gasteiger charge is 2.29. The van der Waals surface area contributed by atoms with E-state index in [4.69, 9.17) is 0 Å². The van der Waals surface area contributed by atoms with Crippen LogP contribution in [0.4, 0.5) is 0 Å². The molecule has 1 heteroatoms. The molecule has 1 atom stereocenters. The highest BCUT2D eigenvalue weighted by atomic mass is 16.1. The monoisotopic (exact) mass is 176 g/mol. The van der Waals surface area contributed by atoms with E-state index in [1.165, 1.54) is 0 Å². The zero-order valence-corrected chi connectivity index (χ0v) is 7.91. The Hall–Kier alpha value is -0.850. The highest BCUT2D eigenvalue weighted by molar-refractivity contribution is 5.83. The minimum Gasteiger partial charge on any atom is -0.299 e. The summed E-state index contributed by atoms with van der Waals surface area (Å²) >= 11 is 0. The third kappa shape index (κ3) is 1.90. The molecule has 70 valence electrons. The van der Waals surface area contributed by atoms with Crippen molar-refractivity contribution in [2.75, 3.05) is 0 Å². The van der Waals surface area contributed by atoms with Crippen LogP contribution in [0.15, 0.2) is 24.3 Å². The molecule has 1 fully saturated rings. The smallest absolute Gasteiger partial charge is 0.136 e. The van der Waals surface area contributed by atoms with Crippen molar-refractivity contribution >= 4 is 5.78 Å². The normalized spacial score (nSPS) is 29.5. The van der Waals surface area contributed by atoms with Crippen molar-refractivity contribution < 1.29 is 4.79 Å². The molecule has 13 heavy (non-hydrogen) atoms. The van der Waals surface area contributed by atoms with Crippen molar-refractivity contribution in [3.05, 3.63) is 24.3 Å². The van der Waals surface area contributed by atoms with Gasteiger partial charge in [-0.15, -0.1) is 0 Å². The van der Waals surface area contributed by atoms with Crippen molar-refractivity contribution in [2.45, 2.75) is 32.1 Å². The fraction of sp³-hybridized carbons (Fsp3) is 0.583. The van der Waals surface area contributed by atoms with Crippen LogP contribution >= 0.6 is 0 Å². The number of hydrogen-bond acceptors (Lipinski definition) is 1. The van der Waals surface area contributed by atoms with E-state index in [-0.39, 0.29) is 0 Å². The SMILES string of the molecule is O=C1CCCC1C1C=CCCC=C1. The van der Waals surface area contributed by atoms with Crippen molar-refractivity contribution in [2.24, 2.45) is 11.8 Å². The lowest BCUT2D eigenvalue weighted by Gasteiger charge is -2.13. The molecule has 2 rings (SSSR count). The molecule has 0 heterocycles. The van der Waals surface area contributed by atoms with E-state index in [0.29, 0.717) is 17.6 Å². The predicted octanol–water partition coefficient (Wildman–Crippen LogP) is 2.88. The molecule has 1 nitrogen and oxygen atoms in total. The van der Waals surface area contributed by atoms with E-state index < -0.39 is 0 Å². The van der Waals surface area contributed by atoms with Crippen molar-refractivity contribution in [3.8, 4) is 0 Å². The van der Waals surface area contributed by atoms with Gasteiger partial charge in [-0.2, -0.15) is 0 Å². The Balaban J connectivity index is 2.09. The summed E-state index contributed by atoms with van der Waals surface area (Å²) in [6, 6.07) is 0. The van der Waals surface area contributed by atoms with Crippen LogP contribution in [0, 0.1) is 11.8 Å². The molecule has 1 saturated carbocycles. The minimum absolute atomic E-state index is 0.297. The van der Waals surface area contributed by atoms with Crippen LogP contribution in [-0.4, -0.2) is 5.78 Å². The van der Waals surface area contributed by atoms with Crippen molar-refractivity contribution in [3.63, 3.8) is 0 Å². The first-order valence-electron chi connectivity index (χ1n) is 5.24. The van der Waals surface area contributed by atoms with Crippen LogP contribution < -0.4 is 0 Å². The predicted molar refractivity (Wildman–Crippen MR) is 53.4 cm³/mol. The molecule has 0 amide bonds. The number of allylic oxidation sites excluding steroid dienone is 4. The van der Waals surface area contributed by atoms with E-state index >= 15 is 0 Å². The summed E-state index contributed by atoms with van der Waals surface area (Å²) in [7, 11) is 0. The first-order chi connectivity index (χ1) is 6.38. The largest absolute Gasteiger partial charge is 0.299 e. The molecule has 0 spiro atoms. The molecule has 1 unspecified atom stereocenters. The van der Waals surface area contributed by atoms with E-state index in [9.17, 15) is 4.79 Å². The molecule has 2 aliphatic carbocycles. The summed E-state index contributed by atoms with van der Waals surface area (Å²) in [6.45, 7) is 0. The highest BCUT2D eigenvalue weighted by Crippen LogP contribution is 2.31. The molecule has 0 saturated heterocycles. The lowest BCUT2D eigenvalue weighted by Crippen LogP contribution is -2.14. The quantitative estimate of drug-likeness (QED) is 0.561. The zero-order valence-electron chi connectivity index (χ0n) is 7.91. The number of carbonyl (C=O) groups is 1. The Morgan fingerprint density at radius 3 is 2.38 bits per heavy atom. The van der Waals surface area contributed by atoms with Crippen LogP contribution in [0.1, 0.15) is 32.1 Å². The van der Waals surface area contributed by atoms with Gasteiger partial charge in [0, 0.05) is 18.3 Å². The van der Waals surface area contributed by atoms with Crippen LogP contribution in [0.5, 0.6) is 0 Å².